The molecule has 1 fully saturated rings. The highest BCUT2D eigenvalue weighted by molar-refractivity contribution is 5.88. The van der Waals surface area contributed by atoms with Gasteiger partial charge in [0.05, 0.1) is 18.8 Å². The van der Waals surface area contributed by atoms with Crippen LogP contribution >= 0.6 is 0 Å². The van der Waals surface area contributed by atoms with E-state index in [1.165, 1.54) is 18.2 Å². The molecule has 0 unspecified atom stereocenters. The summed E-state index contributed by atoms with van der Waals surface area (Å²) >= 11 is 0. The lowest BCUT2D eigenvalue weighted by atomic mass is 10.2. The summed E-state index contributed by atoms with van der Waals surface area (Å²) in [5.41, 5.74) is 0.152. The zero-order valence-corrected chi connectivity index (χ0v) is 8.25. The summed E-state index contributed by atoms with van der Waals surface area (Å²) in [6, 6.07) is 3.92. The highest BCUT2D eigenvalue weighted by Gasteiger charge is 2.22. The second-order valence-electron chi connectivity index (χ2n) is 3.36. The second-order valence-corrected chi connectivity index (χ2v) is 3.36. The van der Waals surface area contributed by atoms with Gasteiger partial charge >= 0.3 is 5.97 Å². The monoisotopic (exact) mass is 223 g/mol. The molecule has 1 N–H and O–H groups in total. The minimum absolute atomic E-state index is 0.0580. The Balaban J connectivity index is 2.26. The van der Waals surface area contributed by atoms with Crippen LogP contribution in [0.5, 0.6) is 5.75 Å². The topological polar surface area (TPSA) is 85.2 Å². The van der Waals surface area contributed by atoms with Gasteiger partial charge in [-0.05, 0) is 23.4 Å². The average Bonchev–Trinajstić information content (AvgIpc) is 2.23. The number of carboxylic acids is 1. The molecule has 1 saturated heterocycles. The van der Waals surface area contributed by atoms with Crippen molar-refractivity contribution in [3.05, 3.63) is 28.7 Å². The summed E-state index contributed by atoms with van der Waals surface area (Å²) in [5, 5.41) is 11.6. The Morgan fingerprint density at radius 3 is 2.75 bits per heavy atom. The third kappa shape index (κ3) is 2.01. The van der Waals surface area contributed by atoms with Crippen molar-refractivity contribution in [2.24, 2.45) is 5.18 Å². The first-order valence-corrected chi connectivity index (χ1v) is 4.66. The van der Waals surface area contributed by atoms with Crippen molar-refractivity contribution >= 4 is 11.7 Å². The van der Waals surface area contributed by atoms with Gasteiger partial charge in [-0.25, -0.2) is 4.79 Å². The van der Waals surface area contributed by atoms with E-state index >= 15 is 0 Å². The molecule has 0 radical (unpaired) electrons. The predicted octanol–water partition coefficient (Wildman–Crippen LogP) is 1.56. The number of carboxylic acid groups (broad SMARTS) is 1. The molecule has 1 aromatic carbocycles. The number of nitroso groups, excluding NO2 is 1. The summed E-state index contributed by atoms with van der Waals surface area (Å²) in [7, 11) is 0. The van der Waals surface area contributed by atoms with E-state index in [9.17, 15) is 9.70 Å². The summed E-state index contributed by atoms with van der Waals surface area (Å²) < 4.78 is 10.3. The van der Waals surface area contributed by atoms with E-state index in [0.717, 1.165) is 0 Å². The number of rotatable bonds is 4. The number of hydrogen-bond acceptors (Lipinski definition) is 5. The van der Waals surface area contributed by atoms with Crippen LogP contribution in [0.25, 0.3) is 0 Å². The summed E-state index contributed by atoms with van der Waals surface area (Å²) in [6.45, 7) is 0.880. The molecule has 84 valence electrons. The van der Waals surface area contributed by atoms with Crippen molar-refractivity contribution < 1.29 is 19.4 Å². The Hall–Kier alpha value is -1.95. The van der Waals surface area contributed by atoms with Gasteiger partial charge < -0.3 is 14.6 Å². The normalized spacial score (nSPS) is 15.2. The number of aromatic carboxylic acids is 1. The molecule has 0 aromatic heterocycles. The van der Waals surface area contributed by atoms with E-state index in [2.05, 4.69) is 5.18 Å². The lowest BCUT2D eigenvalue weighted by molar-refractivity contribution is -0.0794. The molecule has 0 amide bonds. The van der Waals surface area contributed by atoms with Crippen LogP contribution in [-0.2, 0) is 4.74 Å². The van der Waals surface area contributed by atoms with Gasteiger partial charge in [0, 0.05) is 0 Å². The molecule has 6 nitrogen and oxygen atoms in total. The fraction of sp³-hybridized carbons (Fsp3) is 0.300. The SMILES string of the molecule is O=Nc1ccc(C(=O)O)cc1OC1COC1. The van der Waals surface area contributed by atoms with Gasteiger partial charge in [0.25, 0.3) is 0 Å². The van der Waals surface area contributed by atoms with E-state index in [1.807, 2.05) is 0 Å². The average molecular weight is 223 g/mol. The first kappa shape index (κ1) is 10.6. The van der Waals surface area contributed by atoms with Crippen molar-refractivity contribution in [3.8, 4) is 5.75 Å². The van der Waals surface area contributed by atoms with Crippen molar-refractivity contribution in [2.75, 3.05) is 13.2 Å². The number of nitrogens with zero attached hydrogens (tertiary/aromatic N) is 1. The molecule has 16 heavy (non-hydrogen) atoms. The van der Waals surface area contributed by atoms with Gasteiger partial charge in [-0.3, -0.25) is 0 Å². The van der Waals surface area contributed by atoms with E-state index < -0.39 is 5.97 Å². The zero-order valence-electron chi connectivity index (χ0n) is 8.25. The van der Waals surface area contributed by atoms with Crippen molar-refractivity contribution in [3.63, 3.8) is 0 Å². The van der Waals surface area contributed by atoms with Crippen LogP contribution in [0.4, 0.5) is 5.69 Å². The highest BCUT2D eigenvalue weighted by Crippen LogP contribution is 2.30. The number of benzene rings is 1. The standard InChI is InChI=1S/C10H9NO5/c12-10(13)6-1-2-8(11-14)9(3-6)16-7-4-15-5-7/h1-3,7H,4-5H2,(H,12,13). The molecular formula is C10H9NO5. The predicted molar refractivity (Wildman–Crippen MR) is 54.1 cm³/mol. The first-order valence-electron chi connectivity index (χ1n) is 4.66. The van der Waals surface area contributed by atoms with Crippen molar-refractivity contribution in [1.82, 2.24) is 0 Å². The Kier molecular flexibility index (Phi) is 2.82. The second kappa shape index (κ2) is 4.28. The van der Waals surface area contributed by atoms with E-state index in [4.69, 9.17) is 14.6 Å². The maximum atomic E-state index is 10.7. The summed E-state index contributed by atoms with van der Waals surface area (Å²) in [6.07, 6.45) is -0.135. The third-order valence-electron chi connectivity index (χ3n) is 2.21. The van der Waals surface area contributed by atoms with Gasteiger partial charge in [0.15, 0.2) is 0 Å². The molecule has 1 heterocycles. The molecular weight excluding hydrogens is 214 g/mol. The van der Waals surface area contributed by atoms with Crippen LogP contribution in [0.2, 0.25) is 0 Å². The molecule has 2 rings (SSSR count). The fourth-order valence-corrected chi connectivity index (χ4v) is 1.28. The lowest BCUT2D eigenvalue weighted by Gasteiger charge is -2.27. The number of ether oxygens (including phenoxy) is 2. The van der Waals surface area contributed by atoms with Crippen LogP contribution < -0.4 is 4.74 Å². The zero-order chi connectivity index (χ0) is 11.5. The quantitative estimate of drug-likeness (QED) is 0.783. The first-order chi connectivity index (χ1) is 7.70. The highest BCUT2D eigenvalue weighted by atomic mass is 16.6. The minimum atomic E-state index is -1.08. The molecule has 0 atom stereocenters. The van der Waals surface area contributed by atoms with Crippen molar-refractivity contribution in [1.29, 1.82) is 0 Å². The van der Waals surface area contributed by atoms with Crippen LogP contribution in [0.15, 0.2) is 23.4 Å². The molecule has 1 aromatic rings. The maximum absolute atomic E-state index is 10.7. The lowest BCUT2D eigenvalue weighted by Crippen LogP contribution is -2.38. The van der Waals surface area contributed by atoms with Crippen LogP contribution in [0.1, 0.15) is 10.4 Å². The van der Waals surface area contributed by atoms with Crippen LogP contribution in [0.3, 0.4) is 0 Å². The molecule has 6 heteroatoms. The summed E-state index contributed by atoms with van der Waals surface area (Å²) in [5.74, 6) is -0.893. The molecule has 0 saturated carbocycles. The maximum Gasteiger partial charge on any atom is 0.335 e. The molecule has 1 aliphatic heterocycles. The van der Waals surface area contributed by atoms with Crippen LogP contribution in [0, 0.1) is 4.91 Å². The van der Waals surface area contributed by atoms with Crippen LogP contribution in [-0.4, -0.2) is 30.4 Å². The van der Waals surface area contributed by atoms with E-state index in [0.29, 0.717) is 13.2 Å². The van der Waals surface area contributed by atoms with Gasteiger partial charge in [-0.15, -0.1) is 4.91 Å². The minimum Gasteiger partial charge on any atom is -0.483 e. The Labute approximate surface area is 90.8 Å². The molecule has 1 aliphatic rings. The third-order valence-corrected chi connectivity index (χ3v) is 2.21. The molecule has 0 aliphatic carbocycles. The van der Waals surface area contributed by atoms with Gasteiger partial charge in [-0.2, -0.15) is 0 Å². The molecule has 0 spiro atoms. The largest absolute Gasteiger partial charge is 0.483 e. The van der Waals surface area contributed by atoms with Gasteiger partial charge in [-0.1, -0.05) is 0 Å². The Morgan fingerprint density at radius 2 is 2.25 bits per heavy atom. The fourth-order valence-electron chi connectivity index (χ4n) is 1.28. The van der Waals surface area contributed by atoms with Gasteiger partial charge in [0.1, 0.15) is 17.5 Å². The van der Waals surface area contributed by atoms with E-state index in [1.54, 1.807) is 0 Å². The smallest absolute Gasteiger partial charge is 0.335 e. The Morgan fingerprint density at radius 1 is 1.50 bits per heavy atom. The van der Waals surface area contributed by atoms with Crippen molar-refractivity contribution in [2.45, 2.75) is 6.10 Å². The van der Waals surface area contributed by atoms with Gasteiger partial charge in [0.2, 0.25) is 0 Å². The van der Waals surface area contributed by atoms with E-state index in [-0.39, 0.29) is 23.1 Å². The molecule has 0 bridgehead atoms. The number of carbonyl (C=O) groups is 1. The number of hydrogen-bond donors (Lipinski definition) is 1. The summed E-state index contributed by atoms with van der Waals surface area (Å²) in [4.78, 5) is 21.2. The Bertz CT molecular complexity index is 427.